The SMILES string of the molecule is CCC(CC)C(=O)Nc1ccc2c(c1)N(C(=O)C1CCCC1)CC2. The molecule has 0 saturated heterocycles. The fraction of sp³-hybridized carbons (Fsp3) is 0.600. The van der Waals surface area contributed by atoms with Gasteiger partial charge in [0, 0.05) is 29.8 Å². The summed E-state index contributed by atoms with van der Waals surface area (Å²) in [7, 11) is 0. The lowest BCUT2D eigenvalue weighted by Crippen LogP contribution is -2.33. The van der Waals surface area contributed by atoms with Gasteiger partial charge in [0.05, 0.1) is 0 Å². The Balaban J connectivity index is 1.76. The molecule has 0 unspecified atom stereocenters. The van der Waals surface area contributed by atoms with Crippen molar-refractivity contribution in [1.82, 2.24) is 0 Å². The molecule has 0 atom stereocenters. The second-order valence-corrected chi connectivity index (χ2v) is 7.07. The van der Waals surface area contributed by atoms with Gasteiger partial charge in [-0.3, -0.25) is 9.59 Å². The molecule has 2 amide bonds. The average Bonchev–Trinajstić information content (AvgIpc) is 3.25. The van der Waals surface area contributed by atoms with Gasteiger partial charge in [-0.25, -0.2) is 0 Å². The molecule has 4 heteroatoms. The molecule has 130 valence electrons. The zero-order chi connectivity index (χ0) is 17.1. The fourth-order valence-electron chi connectivity index (χ4n) is 3.98. The lowest BCUT2D eigenvalue weighted by molar-refractivity contribution is -0.122. The molecule has 3 rings (SSSR count). The molecule has 1 aromatic rings. The number of carbonyl (C=O) groups excluding carboxylic acids is 2. The first-order chi connectivity index (χ1) is 11.6. The van der Waals surface area contributed by atoms with Gasteiger partial charge in [0.15, 0.2) is 0 Å². The molecule has 24 heavy (non-hydrogen) atoms. The van der Waals surface area contributed by atoms with Crippen LogP contribution < -0.4 is 10.2 Å². The summed E-state index contributed by atoms with van der Waals surface area (Å²) in [4.78, 5) is 27.0. The number of benzene rings is 1. The van der Waals surface area contributed by atoms with E-state index in [-0.39, 0.29) is 23.7 Å². The summed E-state index contributed by atoms with van der Waals surface area (Å²) in [6, 6.07) is 6.00. The highest BCUT2D eigenvalue weighted by Crippen LogP contribution is 2.35. The minimum atomic E-state index is 0.0504. The van der Waals surface area contributed by atoms with E-state index >= 15 is 0 Å². The monoisotopic (exact) mass is 328 g/mol. The first-order valence-corrected chi connectivity index (χ1v) is 9.39. The van der Waals surface area contributed by atoms with Crippen LogP contribution in [0, 0.1) is 11.8 Å². The predicted molar refractivity (Wildman–Crippen MR) is 97.2 cm³/mol. The van der Waals surface area contributed by atoms with Crippen molar-refractivity contribution in [3.8, 4) is 0 Å². The third-order valence-electron chi connectivity index (χ3n) is 5.58. The summed E-state index contributed by atoms with van der Waals surface area (Å²) in [6.45, 7) is 4.85. The van der Waals surface area contributed by atoms with Crippen LogP contribution in [0.3, 0.4) is 0 Å². The highest BCUT2D eigenvalue weighted by molar-refractivity contribution is 5.99. The van der Waals surface area contributed by atoms with Crippen molar-refractivity contribution in [1.29, 1.82) is 0 Å². The Morgan fingerprint density at radius 2 is 1.92 bits per heavy atom. The Morgan fingerprint density at radius 3 is 2.58 bits per heavy atom. The molecular weight excluding hydrogens is 300 g/mol. The van der Waals surface area contributed by atoms with Crippen molar-refractivity contribution in [2.75, 3.05) is 16.8 Å². The van der Waals surface area contributed by atoms with E-state index in [9.17, 15) is 9.59 Å². The molecule has 0 aromatic heterocycles. The van der Waals surface area contributed by atoms with E-state index in [0.717, 1.165) is 50.0 Å². The van der Waals surface area contributed by atoms with E-state index in [1.165, 1.54) is 18.4 Å². The average molecular weight is 328 g/mol. The van der Waals surface area contributed by atoms with Crippen LogP contribution >= 0.6 is 0 Å². The normalized spacial score (nSPS) is 17.4. The number of nitrogens with zero attached hydrogens (tertiary/aromatic N) is 1. The van der Waals surface area contributed by atoms with Crippen molar-refractivity contribution in [3.63, 3.8) is 0 Å². The van der Waals surface area contributed by atoms with Gasteiger partial charge in [-0.15, -0.1) is 0 Å². The molecule has 1 aliphatic heterocycles. The molecule has 1 heterocycles. The van der Waals surface area contributed by atoms with E-state index in [1.54, 1.807) is 0 Å². The van der Waals surface area contributed by atoms with Crippen LogP contribution in [0.25, 0.3) is 0 Å². The molecule has 1 aliphatic carbocycles. The number of amides is 2. The van der Waals surface area contributed by atoms with Crippen molar-refractivity contribution in [2.45, 2.75) is 58.8 Å². The maximum absolute atomic E-state index is 12.8. The Labute approximate surface area is 144 Å². The minimum absolute atomic E-state index is 0.0504. The maximum Gasteiger partial charge on any atom is 0.230 e. The Hall–Kier alpha value is -1.84. The zero-order valence-electron chi connectivity index (χ0n) is 14.8. The number of nitrogens with one attached hydrogen (secondary N) is 1. The van der Waals surface area contributed by atoms with Crippen molar-refractivity contribution >= 4 is 23.2 Å². The summed E-state index contributed by atoms with van der Waals surface area (Å²) in [6.07, 6.45) is 6.99. The van der Waals surface area contributed by atoms with E-state index in [1.807, 2.05) is 30.9 Å². The minimum Gasteiger partial charge on any atom is -0.326 e. The number of hydrogen-bond acceptors (Lipinski definition) is 2. The van der Waals surface area contributed by atoms with Crippen LogP contribution in [0.5, 0.6) is 0 Å². The Bertz CT molecular complexity index is 616. The topological polar surface area (TPSA) is 49.4 Å². The van der Waals surface area contributed by atoms with Crippen LogP contribution in [-0.2, 0) is 16.0 Å². The van der Waals surface area contributed by atoms with Crippen molar-refractivity contribution < 1.29 is 9.59 Å². The van der Waals surface area contributed by atoms with Crippen LogP contribution in [0.15, 0.2) is 18.2 Å². The molecule has 0 spiro atoms. The van der Waals surface area contributed by atoms with E-state index < -0.39 is 0 Å². The molecule has 2 aliphatic rings. The summed E-state index contributed by atoms with van der Waals surface area (Å²) in [5, 5.41) is 3.03. The standard InChI is InChI=1S/C20H28N2O2/c1-3-14(4-2)19(23)21-17-10-9-15-11-12-22(18(15)13-17)20(24)16-7-5-6-8-16/h9-10,13-14,16H,3-8,11-12H2,1-2H3,(H,21,23). The molecule has 1 fully saturated rings. The van der Waals surface area contributed by atoms with Crippen LogP contribution in [-0.4, -0.2) is 18.4 Å². The highest BCUT2D eigenvalue weighted by atomic mass is 16.2. The van der Waals surface area contributed by atoms with Crippen LogP contribution in [0.1, 0.15) is 57.9 Å². The first kappa shape index (κ1) is 17.0. The molecule has 1 aromatic carbocycles. The van der Waals surface area contributed by atoms with Crippen molar-refractivity contribution in [3.05, 3.63) is 23.8 Å². The van der Waals surface area contributed by atoms with Gasteiger partial charge in [0.2, 0.25) is 11.8 Å². The number of rotatable bonds is 5. The summed E-state index contributed by atoms with van der Waals surface area (Å²) >= 11 is 0. The molecule has 4 nitrogen and oxygen atoms in total. The van der Waals surface area contributed by atoms with E-state index in [0.29, 0.717) is 0 Å². The second kappa shape index (κ2) is 7.37. The highest BCUT2D eigenvalue weighted by Gasteiger charge is 2.32. The first-order valence-electron chi connectivity index (χ1n) is 9.39. The third-order valence-corrected chi connectivity index (χ3v) is 5.58. The number of hydrogen-bond donors (Lipinski definition) is 1. The summed E-state index contributed by atoms with van der Waals surface area (Å²) < 4.78 is 0. The Morgan fingerprint density at radius 1 is 1.21 bits per heavy atom. The largest absolute Gasteiger partial charge is 0.326 e. The predicted octanol–water partition coefficient (Wildman–Crippen LogP) is 4.14. The summed E-state index contributed by atoms with van der Waals surface area (Å²) in [5.74, 6) is 0.592. The quantitative estimate of drug-likeness (QED) is 0.883. The maximum atomic E-state index is 12.8. The van der Waals surface area contributed by atoms with E-state index in [2.05, 4.69) is 11.4 Å². The van der Waals surface area contributed by atoms with Gasteiger partial charge in [-0.05, 0) is 49.8 Å². The van der Waals surface area contributed by atoms with Gasteiger partial charge >= 0.3 is 0 Å². The number of anilines is 2. The molecule has 1 N–H and O–H groups in total. The van der Waals surface area contributed by atoms with E-state index in [4.69, 9.17) is 0 Å². The number of carbonyl (C=O) groups is 2. The number of fused-ring (bicyclic) bond motifs is 1. The van der Waals surface area contributed by atoms with Crippen LogP contribution in [0.2, 0.25) is 0 Å². The Kier molecular flexibility index (Phi) is 5.22. The van der Waals surface area contributed by atoms with Gasteiger partial charge in [-0.2, -0.15) is 0 Å². The fourth-order valence-corrected chi connectivity index (χ4v) is 3.98. The van der Waals surface area contributed by atoms with Crippen LogP contribution in [0.4, 0.5) is 11.4 Å². The van der Waals surface area contributed by atoms with Gasteiger partial charge in [0.1, 0.15) is 0 Å². The zero-order valence-corrected chi connectivity index (χ0v) is 14.8. The molecule has 0 bridgehead atoms. The smallest absolute Gasteiger partial charge is 0.230 e. The lowest BCUT2D eigenvalue weighted by atomic mass is 10.0. The molecular formula is C20H28N2O2. The second-order valence-electron chi connectivity index (χ2n) is 7.07. The summed E-state index contributed by atoms with van der Waals surface area (Å²) in [5.41, 5.74) is 3.01. The molecule has 1 saturated carbocycles. The van der Waals surface area contributed by atoms with Gasteiger partial charge in [-0.1, -0.05) is 32.8 Å². The molecule has 0 radical (unpaired) electrons. The van der Waals surface area contributed by atoms with Crippen molar-refractivity contribution in [2.24, 2.45) is 11.8 Å². The van der Waals surface area contributed by atoms with Gasteiger partial charge in [0.25, 0.3) is 0 Å². The van der Waals surface area contributed by atoms with Gasteiger partial charge < -0.3 is 10.2 Å². The third kappa shape index (κ3) is 3.33. The lowest BCUT2D eigenvalue weighted by Gasteiger charge is -2.22.